The molecule has 0 saturated carbocycles. The molecule has 0 heterocycles. The molecule has 0 amide bonds. The van der Waals surface area contributed by atoms with Crippen LogP contribution in [0, 0.1) is 6.92 Å². The maximum Gasteiger partial charge on any atom is 0.311 e. The van der Waals surface area contributed by atoms with E-state index in [1.807, 2.05) is 13.0 Å². The van der Waals surface area contributed by atoms with Gasteiger partial charge in [0, 0.05) is 12.8 Å². The molecule has 0 N–H and O–H groups in total. The summed E-state index contributed by atoms with van der Waals surface area (Å²) in [5.74, 6) is -0.148. The van der Waals surface area contributed by atoms with E-state index in [1.54, 1.807) is 12.1 Å². The number of hydrogen-bond donors (Lipinski definition) is 0. The zero-order chi connectivity index (χ0) is 17.8. The molecule has 24 heavy (non-hydrogen) atoms. The summed E-state index contributed by atoms with van der Waals surface area (Å²) in [6.07, 6.45) is 6.15. The van der Waals surface area contributed by atoms with Gasteiger partial charge < -0.3 is 9.47 Å². The second-order valence-corrected chi connectivity index (χ2v) is 6.30. The highest BCUT2D eigenvalue weighted by atomic mass is 35.5. The third-order valence-corrected chi connectivity index (χ3v) is 3.90. The van der Waals surface area contributed by atoms with E-state index in [2.05, 4.69) is 6.92 Å². The van der Waals surface area contributed by atoms with Crippen LogP contribution in [0.5, 0.6) is 5.75 Å². The fraction of sp³-hybridized carbons (Fsp3) is 0.579. The first kappa shape index (κ1) is 20.5. The van der Waals surface area contributed by atoms with Gasteiger partial charge in [-0.25, -0.2) is 0 Å². The lowest BCUT2D eigenvalue weighted by Gasteiger charge is -2.07. The molecule has 0 aliphatic heterocycles. The Hall–Kier alpha value is -1.55. The number of hydrogen-bond acceptors (Lipinski definition) is 4. The van der Waals surface area contributed by atoms with Gasteiger partial charge in [0.2, 0.25) is 0 Å². The fourth-order valence-electron chi connectivity index (χ4n) is 2.19. The van der Waals surface area contributed by atoms with Crippen LogP contribution in [0.1, 0.15) is 63.9 Å². The van der Waals surface area contributed by atoms with Crippen LogP contribution in [0.4, 0.5) is 0 Å². The van der Waals surface area contributed by atoms with Crippen molar-refractivity contribution in [2.45, 2.75) is 65.2 Å². The van der Waals surface area contributed by atoms with E-state index in [4.69, 9.17) is 21.1 Å². The minimum Gasteiger partial charge on any atom is -0.466 e. The topological polar surface area (TPSA) is 52.6 Å². The predicted octanol–water partition coefficient (Wildman–Crippen LogP) is 5.24. The van der Waals surface area contributed by atoms with E-state index < -0.39 is 0 Å². The summed E-state index contributed by atoms with van der Waals surface area (Å²) in [5.41, 5.74) is 0.976. The van der Waals surface area contributed by atoms with Gasteiger partial charge in [0.05, 0.1) is 11.6 Å². The second kappa shape index (κ2) is 11.9. The van der Waals surface area contributed by atoms with E-state index in [9.17, 15) is 9.59 Å². The van der Waals surface area contributed by atoms with Gasteiger partial charge in [-0.15, -0.1) is 0 Å². The predicted molar refractivity (Wildman–Crippen MR) is 95.4 cm³/mol. The van der Waals surface area contributed by atoms with Gasteiger partial charge in [-0.1, -0.05) is 43.9 Å². The highest BCUT2D eigenvalue weighted by molar-refractivity contribution is 6.32. The van der Waals surface area contributed by atoms with Crippen molar-refractivity contribution in [3.63, 3.8) is 0 Å². The lowest BCUT2D eigenvalue weighted by Crippen LogP contribution is -2.09. The Morgan fingerprint density at radius 3 is 2.42 bits per heavy atom. The summed E-state index contributed by atoms with van der Waals surface area (Å²) < 4.78 is 10.4. The normalized spacial score (nSPS) is 10.5. The highest BCUT2D eigenvalue weighted by Gasteiger charge is 2.09. The minimum absolute atomic E-state index is 0.193. The van der Waals surface area contributed by atoms with E-state index in [1.165, 1.54) is 6.42 Å². The van der Waals surface area contributed by atoms with Crippen LogP contribution in [0.3, 0.4) is 0 Å². The molecular weight excluding hydrogens is 328 g/mol. The van der Waals surface area contributed by atoms with Crippen LogP contribution in [0.2, 0.25) is 5.02 Å². The van der Waals surface area contributed by atoms with Crippen molar-refractivity contribution in [3.05, 3.63) is 28.8 Å². The Morgan fingerprint density at radius 1 is 1.00 bits per heavy atom. The summed E-state index contributed by atoms with van der Waals surface area (Å²) >= 11 is 5.98. The molecule has 0 saturated heterocycles. The molecule has 134 valence electrons. The van der Waals surface area contributed by atoms with Crippen LogP contribution in [0.25, 0.3) is 0 Å². The van der Waals surface area contributed by atoms with Crippen LogP contribution < -0.4 is 4.74 Å². The number of benzene rings is 1. The molecule has 0 spiro atoms. The van der Waals surface area contributed by atoms with Gasteiger partial charge in [-0.2, -0.15) is 0 Å². The largest absolute Gasteiger partial charge is 0.466 e. The SMILES string of the molecule is CCCCCCOC(=O)CCCCC(=O)Oc1cc(C)ccc1Cl. The summed E-state index contributed by atoms with van der Waals surface area (Å²) in [6, 6.07) is 5.29. The van der Waals surface area contributed by atoms with Crippen LogP contribution in [0.15, 0.2) is 18.2 Å². The maximum absolute atomic E-state index is 11.8. The Kier molecular flexibility index (Phi) is 10.2. The smallest absolute Gasteiger partial charge is 0.311 e. The molecule has 5 heteroatoms. The number of aryl methyl sites for hydroxylation is 1. The number of halogens is 1. The van der Waals surface area contributed by atoms with Crippen LogP contribution >= 0.6 is 11.6 Å². The van der Waals surface area contributed by atoms with E-state index >= 15 is 0 Å². The lowest BCUT2D eigenvalue weighted by atomic mass is 10.2. The summed E-state index contributed by atoms with van der Waals surface area (Å²) in [7, 11) is 0. The molecule has 0 unspecified atom stereocenters. The van der Waals surface area contributed by atoms with Gasteiger partial charge in [-0.3, -0.25) is 9.59 Å². The summed E-state index contributed by atoms with van der Waals surface area (Å²) in [6.45, 7) is 4.54. The quantitative estimate of drug-likeness (QED) is 0.310. The van der Waals surface area contributed by atoms with Gasteiger partial charge in [0.25, 0.3) is 0 Å². The number of esters is 2. The van der Waals surface area contributed by atoms with Crippen molar-refractivity contribution < 1.29 is 19.1 Å². The number of unbranched alkanes of at least 4 members (excludes halogenated alkanes) is 4. The highest BCUT2D eigenvalue weighted by Crippen LogP contribution is 2.25. The van der Waals surface area contributed by atoms with Gasteiger partial charge in [-0.05, 0) is 43.9 Å². The first-order chi connectivity index (χ1) is 11.5. The molecule has 0 aliphatic carbocycles. The fourth-order valence-corrected chi connectivity index (χ4v) is 2.34. The zero-order valence-electron chi connectivity index (χ0n) is 14.6. The molecule has 0 aliphatic rings. The van der Waals surface area contributed by atoms with Crippen molar-refractivity contribution in [3.8, 4) is 5.75 Å². The number of carbonyl (C=O) groups is 2. The van der Waals surface area contributed by atoms with Gasteiger partial charge in [0.1, 0.15) is 5.75 Å². The average molecular weight is 355 g/mol. The number of rotatable bonds is 11. The van der Waals surface area contributed by atoms with E-state index in [0.29, 0.717) is 36.6 Å². The number of ether oxygens (including phenoxy) is 2. The van der Waals surface area contributed by atoms with Crippen molar-refractivity contribution in [1.29, 1.82) is 0 Å². The second-order valence-electron chi connectivity index (χ2n) is 5.90. The monoisotopic (exact) mass is 354 g/mol. The molecule has 1 aromatic rings. The van der Waals surface area contributed by atoms with Crippen LogP contribution in [-0.2, 0) is 14.3 Å². The third-order valence-electron chi connectivity index (χ3n) is 3.58. The van der Waals surface area contributed by atoms with E-state index in [-0.39, 0.29) is 18.4 Å². The Bertz CT molecular complexity index is 528. The summed E-state index contributed by atoms with van der Waals surface area (Å²) in [4.78, 5) is 23.3. The standard InChI is InChI=1S/C19H27ClO4/c1-3-4-5-8-13-23-18(21)9-6-7-10-19(22)24-17-14-15(2)11-12-16(17)20/h11-12,14H,3-10,13H2,1-2H3. The molecule has 0 atom stereocenters. The molecule has 1 aromatic carbocycles. The molecule has 0 radical (unpaired) electrons. The third kappa shape index (κ3) is 8.92. The van der Waals surface area contributed by atoms with Gasteiger partial charge in [0.15, 0.2) is 0 Å². The van der Waals surface area contributed by atoms with Gasteiger partial charge >= 0.3 is 11.9 Å². The molecule has 4 nitrogen and oxygen atoms in total. The molecular formula is C19H27ClO4. The molecule has 0 bridgehead atoms. The zero-order valence-corrected chi connectivity index (χ0v) is 15.4. The molecule has 1 rings (SSSR count). The van der Waals surface area contributed by atoms with Crippen molar-refractivity contribution in [2.75, 3.05) is 6.61 Å². The van der Waals surface area contributed by atoms with Crippen molar-refractivity contribution in [2.24, 2.45) is 0 Å². The van der Waals surface area contributed by atoms with Crippen LogP contribution in [-0.4, -0.2) is 18.5 Å². The average Bonchev–Trinajstić information content (AvgIpc) is 2.55. The Balaban J connectivity index is 2.13. The lowest BCUT2D eigenvalue weighted by molar-refractivity contribution is -0.144. The maximum atomic E-state index is 11.8. The first-order valence-electron chi connectivity index (χ1n) is 8.65. The van der Waals surface area contributed by atoms with E-state index in [0.717, 1.165) is 24.8 Å². The first-order valence-corrected chi connectivity index (χ1v) is 9.03. The van der Waals surface area contributed by atoms with Crippen molar-refractivity contribution in [1.82, 2.24) is 0 Å². The molecule has 0 aromatic heterocycles. The molecule has 0 fully saturated rings. The Morgan fingerprint density at radius 2 is 1.71 bits per heavy atom. The Labute approximate surface area is 149 Å². The van der Waals surface area contributed by atoms with Crippen molar-refractivity contribution >= 4 is 23.5 Å². The minimum atomic E-state index is -0.338. The number of carbonyl (C=O) groups excluding carboxylic acids is 2. The summed E-state index contributed by atoms with van der Waals surface area (Å²) in [5, 5.41) is 0.417.